The number of carbonyl (C=O) groups is 1. The van der Waals surface area contributed by atoms with E-state index in [1.54, 1.807) is 42.5 Å². The van der Waals surface area contributed by atoms with E-state index in [9.17, 15) is 9.18 Å². The van der Waals surface area contributed by atoms with Gasteiger partial charge in [0.1, 0.15) is 5.82 Å². The van der Waals surface area contributed by atoms with E-state index in [1.165, 1.54) is 18.2 Å². The van der Waals surface area contributed by atoms with E-state index in [2.05, 4.69) is 0 Å². The molecule has 0 unspecified atom stereocenters. The van der Waals surface area contributed by atoms with Crippen LogP contribution in [0.3, 0.4) is 0 Å². The molecular formula is C15H11FO2. The Morgan fingerprint density at radius 1 is 1.00 bits per heavy atom. The third-order valence-electron chi connectivity index (χ3n) is 2.52. The first kappa shape index (κ1) is 12.0. The third kappa shape index (κ3) is 2.83. The van der Waals surface area contributed by atoms with E-state index in [1.807, 2.05) is 0 Å². The SMILES string of the molecule is O=C(O)c1ccc(C=Cc2ccccc2F)cc1. The highest BCUT2D eigenvalue weighted by atomic mass is 19.1. The van der Waals surface area contributed by atoms with Crippen molar-refractivity contribution in [2.75, 3.05) is 0 Å². The van der Waals surface area contributed by atoms with Gasteiger partial charge in [0.2, 0.25) is 0 Å². The third-order valence-corrected chi connectivity index (χ3v) is 2.52. The lowest BCUT2D eigenvalue weighted by molar-refractivity contribution is 0.0697. The molecule has 0 fully saturated rings. The van der Waals surface area contributed by atoms with Crippen LogP contribution in [0.5, 0.6) is 0 Å². The van der Waals surface area contributed by atoms with Crippen LogP contribution in [0.25, 0.3) is 12.2 Å². The number of carboxylic acid groups (broad SMARTS) is 1. The van der Waals surface area contributed by atoms with Crippen molar-refractivity contribution in [2.24, 2.45) is 0 Å². The van der Waals surface area contributed by atoms with Crippen LogP contribution in [0.1, 0.15) is 21.5 Å². The number of hydrogen-bond donors (Lipinski definition) is 1. The standard InChI is InChI=1S/C15H11FO2/c16-14-4-2-1-3-12(14)8-5-11-6-9-13(10-7-11)15(17)18/h1-10H,(H,17,18). The molecule has 0 aliphatic carbocycles. The fourth-order valence-electron chi connectivity index (χ4n) is 1.53. The minimum absolute atomic E-state index is 0.234. The molecule has 90 valence electrons. The first-order valence-electron chi connectivity index (χ1n) is 5.43. The Balaban J connectivity index is 2.19. The molecule has 2 rings (SSSR count). The molecule has 0 spiro atoms. The summed E-state index contributed by atoms with van der Waals surface area (Å²) in [5.74, 6) is -1.24. The Hall–Kier alpha value is -2.42. The van der Waals surface area contributed by atoms with E-state index in [0.29, 0.717) is 5.56 Å². The fourth-order valence-corrected chi connectivity index (χ4v) is 1.53. The summed E-state index contributed by atoms with van der Waals surface area (Å²) < 4.78 is 13.3. The van der Waals surface area contributed by atoms with Gasteiger partial charge in [0.05, 0.1) is 5.56 Å². The minimum Gasteiger partial charge on any atom is -0.478 e. The predicted octanol–water partition coefficient (Wildman–Crippen LogP) is 3.69. The zero-order chi connectivity index (χ0) is 13.0. The average Bonchev–Trinajstić information content (AvgIpc) is 2.38. The molecule has 1 N–H and O–H groups in total. The Labute approximate surface area is 104 Å². The highest BCUT2D eigenvalue weighted by Gasteiger charge is 2.00. The van der Waals surface area contributed by atoms with Crippen molar-refractivity contribution in [3.8, 4) is 0 Å². The predicted molar refractivity (Wildman–Crippen MR) is 68.7 cm³/mol. The van der Waals surface area contributed by atoms with Gasteiger partial charge in [-0.2, -0.15) is 0 Å². The fraction of sp³-hybridized carbons (Fsp3) is 0. The van der Waals surface area contributed by atoms with E-state index in [4.69, 9.17) is 5.11 Å². The number of hydrogen-bond acceptors (Lipinski definition) is 1. The average molecular weight is 242 g/mol. The second kappa shape index (κ2) is 5.27. The van der Waals surface area contributed by atoms with Crippen LogP contribution in [0.4, 0.5) is 4.39 Å². The molecule has 2 aromatic carbocycles. The second-order valence-corrected chi connectivity index (χ2v) is 3.78. The number of carboxylic acids is 1. The summed E-state index contributed by atoms with van der Waals surface area (Å²) in [4.78, 5) is 10.7. The maximum atomic E-state index is 13.3. The molecule has 2 nitrogen and oxygen atoms in total. The van der Waals surface area contributed by atoms with Crippen LogP contribution in [0, 0.1) is 5.82 Å². The van der Waals surface area contributed by atoms with Crippen LogP contribution in [0.2, 0.25) is 0 Å². The summed E-state index contributed by atoms with van der Waals surface area (Å²) in [5, 5.41) is 8.75. The van der Waals surface area contributed by atoms with E-state index in [-0.39, 0.29) is 11.4 Å². The summed E-state index contributed by atoms with van der Waals surface area (Å²) >= 11 is 0. The quantitative estimate of drug-likeness (QED) is 0.833. The Morgan fingerprint density at radius 3 is 2.28 bits per heavy atom. The molecule has 0 saturated heterocycles. The number of benzene rings is 2. The second-order valence-electron chi connectivity index (χ2n) is 3.78. The van der Waals surface area contributed by atoms with Crippen LogP contribution in [0.15, 0.2) is 48.5 Å². The van der Waals surface area contributed by atoms with Crippen molar-refractivity contribution in [1.29, 1.82) is 0 Å². The lowest BCUT2D eigenvalue weighted by Crippen LogP contribution is -1.94. The van der Waals surface area contributed by atoms with Crippen LogP contribution >= 0.6 is 0 Å². The molecular weight excluding hydrogens is 231 g/mol. The zero-order valence-corrected chi connectivity index (χ0v) is 9.51. The number of rotatable bonds is 3. The Morgan fingerprint density at radius 2 is 1.67 bits per heavy atom. The highest BCUT2D eigenvalue weighted by Crippen LogP contribution is 2.12. The monoisotopic (exact) mass is 242 g/mol. The molecule has 0 aliphatic rings. The summed E-state index contributed by atoms with van der Waals surface area (Å²) in [6.07, 6.45) is 3.40. The lowest BCUT2D eigenvalue weighted by atomic mass is 10.1. The van der Waals surface area contributed by atoms with Crippen molar-refractivity contribution in [2.45, 2.75) is 0 Å². The topological polar surface area (TPSA) is 37.3 Å². The highest BCUT2D eigenvalue weighted by molar-refractivity contribution is 5.88. The molecule has 0 amide bonds. The van der Waals surface area contributed by atoms with Gasteiger partial charge in [-0.15, -0.1) is 0 Å². The smallest absolute Gasteiger partial charge is 0.335 e. The summed E-state index contributed by atoms with van der Waals surface area (Å²) in [6.45, 7) is 0. The molecule has 3 heteroatoms. The summed E-state index contributed by atoms with van der Waals surface area (Å²) in [6, 6.07) is 12.9. The molecule has 0 saturated carbocycles. The van der Waals surface area contributed by atoms with Gasteiger partial charge in [-0.05, 0) is 23.8 Å². The van der Waals surface area contributed by atoms with Crippen molar-refractivity contribution >= 4 is 18.1 Å². The maximum Gasteiger partial charge on any atom is 0.335 e. The van der Waals surface area contributed by atoms with E-state index in [0.717, 1.165) is 5.56 Å². The molecule has 2 aromatic rings. The molecule has 0 aliphatic heterocycles. The van der Waals surface area contributed by atoms with Gasteiger partial charge in [-0.25, -0.2) is 9.18 Å². The van der Waals surface area contributed by atoms with Gasteiger partial charge >= 0.3 is 5.97 Å². The van der Waals surface area contributed by atoms with Crippen molar-refractivity contribution < 1.29 is 14.3 Å². The zero-order valence-electron chi connectivity index (χ0n) is 9.51. The normalized spacial score (nSPS) is 10.7. The first-order chi connectivity index (χ1) is 8.66. The molecule has 0 atom stereocenters. The molecule has 0 heterocycles. The van der Waals surface area contributed by atoms with Crippen molar-refractivity contribution in [1.82, 2.24) is 0 Å². The lowest BCUT2D eigenvalue weighted by Gasteiger charge is -1.97. The van der Waals surface area contributed by atoms with E-state index >= 15 is 0 Å². The van der Waals surface area contributed by atoms with Crippen molar-refractivity contribution in [3.63, 3.8) is 0 Å². The van der Waals surface area contributed by atoms with Crippen LogP contribution in [-0.2, 0) is 0 Å². The summed E-state index contributed by atoms with van der Waals surface area (Å²) in [5.41, 5.74) is 1.56. The molecule has 0 radical (unpaired) electrons. The minimum atomic E-state index is -0.959. The van der Waals surface area contributed by atoms with Gasteiger partial charge in [0.25, 0.3) is 0 Å². The van der Waals surface area contributed by atoms with Crippen LogP contribution in [-0.4, -0.2) is 11.1 Å². The van der Waals surface area contributed by atoms with Gasteiger partial charge < -0.3 is 5.11 Å². The van der Waals surface area contributed by atoms with Gasteiger partial charge in [0, 0.05) is 5.56 Å². The number of halogens is 1. The van der Waals surface area contributed by atoms with Crippen LogP contribution < -0.4 is 0 Å². The molecule has 0 aromatic heterocycles. The van der Waals surface area contributed by atoms with Crippen molar-refractivity contribution in [3.05, 3.63) is 71.0 Å². The Bertz CT molecular complexity index is 586. The maximum absolute atomic E-state index is 13.3. The van der Waals surface area contributed by atoms with Gasteiger partial charge in [0.15, 0.2) is 0 Å². The number of aromatic carboxylic acids is 1. The first-order valence-corrected chi connectivity index (χ1v) is 5.43. The molecule has 0 bridgehead atoms. The molecule has 18 heavy (non-hydrogen) atoms. The summed E-state index contributed by atoms with van der Waals surface area (Å²) in [7, 11) is 0. The van der Waals surface area contributed by atoms with E-state index < -0.39 is 5.97 Å². The van der Waals surface area contributed by atoms with Gasteiger partial charge in [-0.1, -0.05) is 42.5 Å². The van der Waals surface area contributed by atoms with Gasteiger partial charge in [-0.3, -0.25) is 0 Å². The Kier molecular flexibility index (Phi) is 3.53. The largest absolute Gasteiger partial charge is 0.478 e.